The zero-order valence-corrected chi connectivity index (χ0v) is 19.9. The molecule has 0 heterocycles. The van der Waals surface area contributed by atoms with Crippen molar-refractivity contribution in [3.63, 3.8) is 0 Å². The van der Waals surface area contributed by atoms with Crippen molar-refractivity contribution in [2.75, 3.05) is 10.6 Å². The molecule has 8 bridgehead atoms. The first-order chi connectivity index (χ1) is 16.4. The Morgan fingerprint density at radius 2 is 0.941 bits per heavy atom. The van der Waals surface area contributed by atoms with E-state index in [1.807, 2.05) is 18.2 Å². The molecule has 0 radical (unpaired) electrons. The summed E-state index contributed by atoms with van der Waals surface area (Å²) >= 11 is 0. The highest BCUT2D eigenvalue weighted by Crippen LogP contribution is 2.58. The molecule has 1 aromatic rings. The minimum Gasteiger partial charge on any atom is -0.443 e. The number of amides is 2. The standard InChI is InChI=1S/C28H36N2O4/c31-25(33-27-11-17-4-18(12-27)6-19(5-17)13-27)29-23-2-1-3-24(10-23)30-26(32)34-28-14-20-7-21(15-28)9-22(8-20)16-28/h1-3,10,17-22H,4-9,11-16H2,(H,29,31)(H,30,32). The molecule has 0 aromatic heterocycles. The number of carbonyl (C=O) groups excluding carboxylic acids is 2. The number of carbonyl (C=O) groups is 2. The average molecular weight is 465 g/mol. The van der Waals surface area contributed by atoms with Crippen molar-refractivity contribution in [3.8, 4) is 0 Å². The molecule has 0 unspecified atom stereocenters. The summed E-state index contributed by atoms with van der Waals surface area (Å²) in [4.78, 5) is 25.6. The fraction of sp³-hybridized carbons (Fsp3) is 0.714. The summed E-state index contributed by atoms with van der Waals surface area (Å²) < 4.78 is 12.1. The van der Waals surface area contributed by atoms with Crippen LogP contribution in [0.1, 0.15) is 77.0 Å². The third-order valence-electron chi connectivity index (χ3n) is 9.94. The van der Waals surface area contributed by atoms with Crippen LogP contribution in [0.4, 0.5) is 21.0 Å². The Morgan fingerprint density at radius 3 is 1.26 bits per heavy atom. The molecule has 0 spiro atoms. The average Bonchev–Trinajstić information content (AvgIpc) is 2.70. The van der Waals surface area contributed by atoms with E-state index in [4.69, 9.17) is 9.47 Å². The second-order valence-electron chi connectivity index (χ2n) is 12.8. The fourth-order valence-corrected chi connectivity index (χ4v) is 9.67. The number of ether oxygens (including phenoxy) is 2. The van der Waals surface area contributed by atoms with Gasteiger partial charge in [0.25, 0.3) is 0 Å². The highest BCUT2D eigenvalue weighted by Gasteiger charge is 2.54. The van der Waals surface area contributed by atoms with Gasteiger partial charge in [-0.25, -0.2) is 9.59 Å². The molecule has 0 atom stereocenters. The first kappa shape index (κ1) is 21.1. The number of nitrogens with one attached hydrogen (secondary N) is 2. The minimum atomic E-state index is -0.379. The van der Waals surface area contributed by atoms with Gasteiger partial charge in [0, 0.05) is 11.4 Å². The summed E-state index contributed by atoms with van der Waals surface area (Å²) in [6, 6.07) is 7.27. The van der Waals surface area contributed by atoms with Gasteiger partial charge < -0.3 is 9.47 Å². The lowest BCUT2D eigenvalue weighted by Crippen LogP contribution is -2.53. The van der Waals surface area contributed by atoms with Crippen molar-refractivity contribution >= 4 is 23.6 Å². The minimum absolute atomic E-state index is 0.268. The molecule has 9 rings (SSSR count). The second-order valence-corrected chi connectivity index (χ2v) is 12.8. The molecule has 2 amide bonds. The summed E-state index contributed by atoms with van der Waals surface area (Å²) in [5, 5.41) is 5.81. The lowest BCUT2D eigenvalue weighted by atomic mass is 9.54. The van der Waals surface area contributed by atoms with Crippen molar-refractivity contribution in [1.82, 2.24) is 0 Å². The first-order valence-electron chi connectivity index (χ1n) is 13.5. The Labute approximate surface area is 201 Å². The molecule has 0 aliphatic heterocycles. The third-order valence-corrected chi connectivity index (χ3v) is 9.94. The van der Waals surface area contributed by atoms with Crippen molar-refractivity contribution in [2.24, 2.45) is 35.5 Å². The van der Waals surface area contributed by atoms with E-state index in [2.05, 4.69) is 10.6 Å². The number of rotatable bonds is 4. The third kappa shape index (κ3) is 3.87. The molecule has 34 heavy (non-hydrogen) atoms. The molecule has 8 aliphatic rings. The van der Waals surface area contributed by atoms with Gasteiger partial charge in [0.2, 0.25) is 0 Å². The Morgan fingerprint density at radius 1 is 0.618 bits per heavy atom. The van der Waals surface area contributed by atoms with Crippen LogP contribution in [0.5, 0.6) is 0 Å². The van der Waals surface area contributed by atoms with Crippen molar-refractivity contribution < 1.29 is 19.1 Å². The van der Waals surface area contributed by atoms with Crippen LogP contribution in [-0.2, 0) is 9.47 Å². The molecule has 8 saturated carbocycles. The van der Waals surface area contributed by atoms with E-state index in [1.54, 1.807) is 6.07 Å². The topological polar surface area (TPSA) is 76.7 Å². The van der Waals surface area contributed by atoms with E-state index in [0.29, 0.717) is 11.4 Å². The van der Waals surface area contributed by atoms with Crippen LogP contribution in [0.2, 0.25) is 0 Å². The van der Waals surface area contributed by atoms with E-state index in [-0.39, 0.29) is 23.4 Å². The van der Waals surface area contributed by atoms with Crippen LogP contribution >= 0.6 is 0 Å². The van der Waals surface area contributed by atoms with Gasteiger partial charge in [0.15, 0.2) is 0 Å². The molecule has 6 nitrogen and oxygen atoms in total. The van der Waals surface area contributed by atoms with Crippen molar-refractivity contribution in [3.05, 3.63) is 24.3 Å². The number of hydrogen-bond donors (Lipinski definition) is 2. The quantitative estimate of drug-likeness (QED) is 0.518. The van der Waals surface area contributed by atoms with Gasteiger partial charge in [-0.2, -0.15) is 0 Å². The van der Waals surface area contributed by atoms with Crippen LogP contribution in [0.25, 0.3) is 0 Å². The van der Waals surface area contributed by atoms with Gasteiger partial charge in [0.05, 0.1) is 0 Å². The van der Waals surface area contributed by atoms with Crippen LogP contribution < -0.4 is 10.6 Å². The first-order valence-corrected chi connectivity index (χ1v) is 13.5. The molecule has 182 valence electrons. The number of hydrogen-bond acceptors (Lipinski definition) is 4. The smallest absolute Gasteiger partial charge is 0.412 e. The van der Waals surface area contributed by atoms with Gasteiger partial charge in [-0.1, -0.05) is 6.07 Å². The van der Waals surface area contributed by atoms with E-state index >= 15 is 0 Å². The molecular formula is C28H36N2O4. The Balaban J connectivity index is 0.969. The predicted molar refractivity (Wildman–Crippen MR) is 128 cm³/mol. The Kier molecular flexibility index (Phi) is 4.73. The van der Waals surface area contributed by atoms with Gasteiger partial charge >= 0.3 is 12.2 Å². The summed E-state index contributed by atoms with van der Waals surface area (Å²) in [5.41, 5.74) is 0.719. The summed E-state index contributed by atoms with van der Waals surface area (Å²) in [6.45, 7) is 0. The van der Waals surface area contributed by atoms with Gasteiger partial charge in [0.1, 0.15) is 11.2 Å². The van der Waals surface area contributed by atoms with Crippen LogP contribution in [0.3, 0.4) is 0 Å². The van der Waals surface area contributed by atoms with E-state index in [0.717, 1.165) is 74.0 Å². The highest BCUT2D eigenvalue weighted by molar-refractivity contribution is 5.89. The lowest BCUT2D eigenvalue weighted by molar-refractivity contribution is -0.124. The lowest BCUT2D eigenvalue weighted by Gasteiger charge is -2.55. The SMILES string of the molecule is O=C(Nc1cccc(NC(=O)OC23CC4CC(CC(C4)C2)C3)c1)OC12CC3CC(CC(C3)C1)C2. The van der Waals surface area contributed by atoms with Crippen molar-refractivity contribution in [2.45, 2.75) is 88.3 Å². The van der Waals surface area contributed by atoms with Crippen molar-refractivity contribution in [1.29, 1.82) is 0 Å². The zero-order valence-electron chi connectivity index (χ0n) is 19.9. The second kappa shape index (κ2) is 7.63. The molecule has 8 fully saturated rings. The van der Waals surface area contributed by atoms with E-state index < -0.39 is 0 Å². The van der Waals surface area contributed by atoms with E-state index in [9.17, 15) is 9.59 Å². The normalized spacial score (nSPS) is 42.9. The maximum absolute atomic E-state index is 12.8. The molecule has 6 heteroatoms. The Bertz CT molecular complexity index is 858. The fourth-order valence-electron chi connectivity index (χ4n) is 9.67. The summed E-state index contributed by atoms with van der Waals surface area (Å²) in [7, 11) is 0. The summed E-state index contributed by atoms with van der Waals surface area (Å²) in [6.07, 6.45) is 13.2. The largest absolute Gasteiger partial charge is 0.443 e. The monoisotopic (exact) mass is 464 g/mol. The van der Waals surface area contributed by atoms with Crippen LogP contribution in [-0.4, -0.2) is 23.4 Å². The van der Waals surface area contributed by atoms with Crippen LogP contribution in [0, 0.1) is 35.5 Å². The van der Waals surface area contributed by atoms with Gasteiger partial charge in [-0.15, -0.1) is 0 Å². The zero-order chi connectivity index (χ0) is 22.9. The molecule has 1 aromatic carbocycles. The summed E-state index contributed by atoms with van der Waals surface area (Å²) in [5.74, 6) is 4.37. The highest BCUT2D eigenvalue weighted by atomic mass is 16.6. The maximum Gasteiger partial charge on any atom is 0.412 e. The molecule has 2 N–H and O–H groups in total. The van der Waals surface area contributed by atoms with E-state index in [1.165, 1.54) is 38.5 Å². The van der Waals surface area contributed by atoms with Gasteiger partial charge in [-0.05, 0) is 131 Å². The molecule has 0 saturated heterocycles. The molecular weight excluding hydrogens is 428 g/mol. The predicted octanol–water partition coefficient (Wildman–Crippen LogP) is 6.72. The Hall–Kier alpha value is -2.24. The molecule has 8 aliphatic carbocycles. The number of anilines is 2. The maximum atomic E-state index is 12.8. The van der Waals surface area contributed by atoms with Crippen LogP contribution in [0.15, 0.2) is 24.3 Å². The van der Waals surface area contributed by atoms with Gasteiger partial charge in [-0.3, -0.25) is 10.6 Å². The number of benzene rings is 1.